The van der Waals surface area contributed by atoms with Crippen LogP contribution >= 0.6 is 77.2 Å². The van der Waals surface area contributed by atoms with E-state index in [1.807, 2.05) is 36.4 Å². The Morgan fingerprint density at radius 3 is 1.28 bits per heavy atom. The maximum absolute atomic E-state index is 13.9. The molecule has 2 aromatic carbocycles. The number of methoxy groups -OCH3 is 2. The van der Waals surface area contributed by atoms with Crippen LogP contribution in [0.2, 0.25) is 0 Å². The number of benzene rings is 2. The highest BCUT2D eigenvalue weighted by Crippen LogP contribution is 2.60. The number of nitrogens with zero attached hydrogens (tertiary/aromatic N) is 6. The number of carbonyl (C=O) groups excluding carboxylic acids is 2. The van der Waals surface area contributed by atoms with E-state index in [1.54, 1.807) is 61.2 Å². The summed E-state index contributed by atoms with van der Waals surface area (Å²) in [5, 5.41) is 59.0. The lowest BCUT2D eigenvalue weighted by molar-refractivity contribution is 0.103. The number of carbonyl (C=O) groups is 2. The van der Waals surface area contributed by atoms with E-state index in [0.717, 1.165) is 40.4 Å². The largest absolute Gasteiger partial charge is 0.495 e. The number of allylic oxidation sites excluding steroid dienone is 6. The molecule has 0 amide bonds. The lowest BCUT2D eigenvalue weighted by Crippen LogP contribution is -2.13. The maximum atomic E-state index is 13.9. The van der Waals surface area contributed by atoms with Gasteiger partial charge < -0.3 is 9.47 Å². The Morgan fingerprint density at radius 1 is 0.554 bits per heavy atom. The molecule has 0 fully saturated rings. The van der Waals surface area contributed by atoms with Gasteiger partial charge in [0.15, 0.2) is 11.6 Å². The van der Waals surface area contributed by atoms with E-state index in [-0.39, 0.29) is 72.7 Å². The molecule has 0 aliphatic heterocycles. The van der Waals surface area contributed by atoms with E-state index < -0.39 is 0 Å². The van der Waals surface area contributed by atoms with Crippen molar-refractivity contribution in [2.45, 2.75) is 19.3 Å². The fraction of sp³-hybridized carbons (Fsp3) is 0.102. The van der Waals surface area contributed by atoms with Crippen molar-refractivity contribution in [3.05, 3.63) is 134 Å². The van der Waals surface area contributed by atoms with Gasteiger partial charge in [0, 0.05) is 77.0 Å². The highest BCUT2D eigenvalue weighted by Gasteiger charge is 2.41. The zero-order valence-electron chi connectivity index (χ0n) is 34.0. The predicted molar refractivity (Wildman–Crippen MR) is 258 cm³/mol. The SMILES string of the molecule is COc1cc(/C=C2\C(=O)c3cc(Br)c(C#N)cc3C2=C(C#N)C#N)sc1-c1cc2c(s1)-c1sc(-c3sc(/C=C4\C(=O)c5cc(Br)c(C#N)cc5C4=C(C#N)C#N)cc3OC)cc1C2(C)C. The van der Waals surface area contributed by atoms with Crippen LogP contribution < -0.4 is 9.47 Å². The number of nitriles is 6. The van der Waals surface area contributed by atoms with Crippen molar-refractivity contribution in [3.8, 4) is 77.2 Å². The quantitative estimate of drug-likeness (QED) is 0.114. The van der Waals surface area contributed by atoms with Crippen LogP contribution in [0, 0.1) is 68.0 Å². The number of ketones is 2. The van der Waals surface area contributed by atoms with Crippen molar-refractivity contribution in [3.63, 3.8) is 0 Å². The van der Waals surface area contributed by atoms with Gasteiger partial charge in [-0.15, -0.1) is 45.3 Å². The molecule has 4 heterocycles. The molecular weight excluding hydrogens is 1020 g/mol. The Labute approximate surface area is 404 Å². The van der Waals surface area contributed by atoms with Gasteiger partial charge in [0.1, 0.15) is 59.1 Å². The van der Waals surface area contributed by atoms with E-state index in [4.69, 9.17) is 9.47 Å². The highest BCUT2D eigenvalue weighted by molar-refractivity contribution is 9.10. The second-order valence-corrected chi connectivity index (χ2v) is 21.1. The van der Waals surface area contributed by atoms with Crippen molar-refractivity contribution < 1.29 is 19.1 Å². The first kappa shape index (κ1) is 43.3. The van der Waals surface area contributed by atoms with Crippen LogP contribution in [0.25, 0.3) is 52.6 Å². The minimum atomic E-state index is -0.384. The van der Waals surface area contributed by atoms with Crippen LogP contribution in [-0.4, -0.2) is 25.8 Å². The summed E-state index contributed by atoms with van der Waals surface area (Å²) in [6.45, 7) is 4.36. The summed E-state index contributed by atoms with van der Waals surface area (Å²) in [5.74, 6) is 0.459. The summed E-state index contributed by atoms with van der Waals surface area (Å²) in [6.07, 6.45) is 3.34. The molecule has 0 unspecified atom stereocenters. The third kappa shape index (κ3) is 6.66. The van der Waals surface area contributed by atoms with Crippen molar-refractivity contribution >= 4 is 112 Å². The average Bonchev–Trinajstić information content (AvgIpc) is 4.17. The van der Waals surface area contributed by atoms with E-state index >= 15 is 0 Å². The Hall–Kier alpha value is -6.96. The lowest BCUT2D eigenvalue weighted by atomic mass is 9.84. The minimum absolute atomic E-state index is 0.179. The molecule has 10 nitrogen and oxygen atoms in total. The molecule has 3 aliphatic carbocycles. The highest BCUT2D eigenvalue weighted by atomic mass is 79.9. The molecule has 0 saturated carbocycles. The normalized spacial score (nSPS) is 15.0. The first-order chi connectivity index (χ1) is 31.2. The molecule has 0 bridgehead atoms. The second-order valence-electron chi connectivity index (χ2n) is 15.1. The topological polar surface area (TPSA) is 195 Å². The number of rotatable bonds is 6. The molecule has 310 valence electrons. The zero-order chi connectivity index (χ0) is 46.2. The maximum Gasteiger partial charge on any atom is 0.194 e. The molecule has 0 saturated heterocycles. The molecule has 16 heteroatoms. The van der Waals surface area contributed by atoms with Gasteiger partial charge in [0.2, 0.25) is 0 Å². The number of Topliss-reactive ketones (excluding diaryl/α,β-unsaturated/α-hetero) is 2. The summed E-state index contributed by atoms with van der Waals surface area (Å²) in [7, 11) is 3.16. The third-order valence-corrected chi connectivity index (χ3v) is 17.6. The van der Waals surface area contributed by atoms with Gasteiger partial charge in [-0.3, -0.25) is 9.59 Å². The monoisotopic (exact) mass is 1040 g/mol. The van der Waals surface area contributed by atoms with Gasteiger partial charge in [-0.1, -0.05) is 13.8 Å². The predicted octanol–water partition coefficient (Wildman–Crippen LogP) is 13.0. The number of hydrogen-bond acceptors (Lipinski definition) is 14. The van der Waals surface area contributed by atoms with Crippen LogP contribution in [0.3, 0.4) is 0 Å². The average molecular weight is 1050 g/mol. The van der Waals surface area contributed by atoms with Crippen molar-refractivity contribution in [2.75, 3.05) is 14.2 Å². The second kappa shape index (κ2) is 16.2. The smallest absolute Gasteiger partial charge is 0.194 e. The fourth-order valence-corrected chi connectivity index (χ4v) is 14.3. The number of hydrogen-bond donors (Lipinski definition) is 0. The summed E-state index contributed by atoms with van der Waals surface area (Å²) in [6, 6.07) is 26.0. The standard InChI is InChI=1S/C49H22Br2N6O4S4/c1-49(2)33-13-39(47-37(60-3)9-25(62-47)7-31-41(23(17-54)18-55)27-5-21(15-52)35(50)11-29(27)43(31)58)64-45(33)46-34(49)14-40(65-46)48-38(61-4)10-26(63-48)8-32-42(24(19-56)20-57)28-6-22(16-53)36(51)12-30(28)44(32)59/h5-14H,1-4H3/b31-7-,32-8-. The molecular formula is C49H22Br2N6O4S4. The summed E-state index contributed by atoms with van der Waals surface area (Å²) < 4.78 is 12.6. The fourth-order valence-electron chi connectivity index (χ4n) is 8.28. The zero-order valence-corrected chi connectivity index (χ0v) is 40.4. The van der Waals surface area contributed by atoms with Crippen LogP contribution in [0.4, 0.5) is 0 Å². The van der Waals surface area contributed by atoms with Gasteiger partial charge in [0.05, 0.1) is 35.1 Å². The Bertz CT molecular complexity index is 3370. The molecule has 0 radical (unpaired) electrons. The van der Waals surface area contributed by atoms with Gasteiger partial charge in [-0.25, -0.2) is 0 Å². The Morgan fingerprint density at radius 2 is 0.938 bits per heavy atom. The van der Waals surface area contributed by atoms with Gasteiger partial charge in [-0.05, 0) is 115 Å². The van der Waals surface area contributed by atoms with Crippen molar-refractivity contribution in [2.24, 2.45) is 0 Å². The molecule has 0 N–H and O–H groups in total. The molecule has 3 aliphatic rings. The van der Waals surface area contributed by atoms with Crippen molar-refractivity contribution in [1.29, 1.82) is 31.6 Å². The molecule has 6 aromatic rings. The van der Waals surface area contributed by atoms with E-state index in [0.29, 0.717) is 41.3 Å². The summed E-state index contributed by atoms with van der Waals surface area (Å²) >= 11 is 12.8. The lowest BCUT2D eigenvalue weighted by Gasteiger charge is -2.19. The van der Waals surface area contributed by atoms with Gasteiger partial charge in [-0.2, -0.15) is 31.6 Å². The summed E-state index contributed by atoms with van der Waals surface area (Å²) in [4.78, 5) is 34.9. The van der Waals surface area contributed by atoms with Gasteiger partial charge >= 0.3 is 0 Å². The summed E-state index contributed by atoms with van der Waals surface area (Å²) in [5.41, 5.74) is 4.01. The van der Waals surface area contributed by atoms with Gasteiger partial charge in [0.25, 0.3) is 0 Å². The van der Waals surface area contributed by atoms with E-state index in [1.165, 1.54) is 34.8 Å². The minimum Gasteiger partial charge on any atom is -0.495 e. The van der Waals surface area contributed by atoms with Crippen LogP contribution in [-0.2, 0) is 5.41 Å². The van der Waals surface area contributed by atoms with E-state index in [2.05, 4.69) is 70.0 Å². The molecule has 4 aromatic heterocycles. The molecule has 0 spiro atoms. The molecule has 65 heavy (non-hydrogen) atoms. The third-order valence-electron chi connectivity index (χ3n) is 11.4. The molecule has 9 rings (SSSR count). The van der Waals surface area contributed by atoms with Crippen LogP contribution in [0.1, 0.15) is 77.7 Å². The van der Waals surface area contributed by atoms with Crippen LogP contribution in [0.5, 0.6) is 11.5 Å². The first-order valence-corrected chi connectivity index (χ1v) is 23.9. The van der Waals surface area contributed by atoms with Crippen LogP contribution in [0.15, 0.2) is 79.8 Å². The number of fused-ring (bicyclic) bond motifs is 5. The first-order valence-electron chi connectivity index (χ1n) is 19.0. The number of thiophene rings is 4. The van der Waals surface area contributed by atoms with E-state index in [9.17, 15) is 41.2 Å². The Balaban J connectivity index is 1.09. The Kier molecular flexibility index (Phi) is 10.8. The number of ether oxygens (including phenoxy) is 2. The number of halogens is 2. The molecule has 0 atom stereocenters. The van der Waals surface area contributed by atoms with Crippen molar-refractivity contribution in [1.82, 2.24) is 0 Å².